The zero-order valence-electron chi connectivity index (χ0n) is 16.6. The van der Waals surface area contributed by atoms with Crippen LogP contribution in [-0.4, -0.2) is 38.9 Å². The van der Waals surface area contributed by atoms with Crippen molar-refractivity contribution in [3.63, 3.8) is 0 Å². The van der Waals surface area contributed by atoms with E-state index in [-0.39, 0.29) is 11.9 Å². The smallest absolute Gasteiger partial charge is 0.253 e. The molecule has 0 N–H and O–H groups in total. The Morgan fingerprint density at radius 2 is 1.43 bits per heavy atom. The number of likely N-dealkylation sites (tertiary alicyclic amines) is 1. The van der Waals surface area contributed by atoms with Crippen LogP contribution in [0.5, 0.6) is 0 Å². The lowest BCUT2D eigenvalue weighted by atomic mass is 10.0. The van der Waals surface area contributed by atoms with E-state index < -0.39 is 0 Å². The molecule has 1 saturated heterocycles. The van der Waals surface area contributed by atoms with Gasteiger partial charge in [0, 0.05) is 24.2 Å². The van der Waals surface area contributed by atoms with Gasteiger partial charge < -0.3 is 4.90 Å². The molecular weight excluding hydrogens is 372 g/mol. The number of benzene rings is 3. The first-order chi connectivity index (χ1) is 14.8. The van der Waals surface area contributed by atoms with E-state index >= 15 is 0 Å². The Morgan fingerprint density at radius 1 is 0.800 bits per heavy atom. The molecular formula is C25H22N4O. The summed E-state index contributed by atoms with van der Waals surface area (Å²) in [6.07, 6.45) is 2.86. The van der Waals surface area contributed by atoms with E-state index in [1.54, 1.807) is 0 Å². The summed E-state index contributed by atoms with van der Waals surface area (Å²) in [4.78, 5) is 14.9. The van der Waals surface area contributed by atoms with Crippen LogP contribution in [0, 0.1) is 0 Å². The van der Waals surface area contributed by atoms with E-state index in [0.717, 1.165) is 40.9 Å². The van der Waals surface area contributed by atoms with Crippen LogP contribution in [0.25, 0.3) is 22.4 Å². The number of nitrogens with zero attached hydrogens (tertiary/aromatic N) is 4. The van der Waals surface area contributed by atoms with Crippen molar-refractivity contribution in [1.82, 2.24) is 19.9 Å². The molecule has 1 atom stereocenters. The van der Waals surface area contributed by atoms with Gasteiger partial charge in [-0.25, -0.2) is 4.68 Å². The van der Waals surface area contributed by atoms with Gasteiger partial charge in [0.2, 0.25) is 0 Å². The third kappa shape index (κ3) is 3.62. The maximum Gasteiger partial charge on any atom is 0.253 e. The highest BCUT2D eigenvalue weighted by atomic mass is 16.2. The summed E-state index contributed by atoms with van der Waals surface area (Å²) in [6, 6.07) is 28.2. The predicted octanol–water partition coefficient (Wildman–Crippen LogP) is 4.70. The van der Waals surface area contributed by atoms with Gasteiger partial charge in [0.15, 0.2) is 0 Å². The van der Waals surface area contributed by atoms with Crippen molar-refractivity contribution in [3.05, 3.63) is 96.7 Å². The quantitative estimate of drug-likeness (QED) is 0.504. The molecule has 4 aromatic rings. The summed E-state index contributed by atoms with van der Waals surface area (Å²) >= 11 is 0. The normalized spacial score (nSPS) is 16.0. The Bertz CT molecular complexity index is 1140. The molecule has 2 heterocycles. The van der Waals surface area contributed by atoms with Crippen molar-refractivity contribution in [2.24, 2.45) is 0 Å². The molecule has 5 heteroatoms. The summed E-state index contributed by atoms with van der Waals surface area (Å²) in [5.74, 6) is 0.0699. The number of amides is 1. The second kappa shape index (κ2) is 7.95. The minimum absolute atomic E-state index is 0.0699. The first-order valence-corrected chi connectivity index (χ1v) is 10.2. The second-order valence-electron chi connectivity index (χ2n) is 7.59. The monoisotopic (exact) mass is 394 g/mol. The van der Waals surface area contributed by atoms with Crippen molar-refractivity contribution in [3.8, 4) is 22.4 Å². The summed E-state index contributed by atoms with van der Waals surface area (Å²) < 4.78 is 1.90. The van der Waals surface area contributed by atoms with Crippen LogP contribution < -0.4 is 0 Å². The van der Waals surface area contributed by atoms with Gasteiger partial charge in [-0.1, -0.05) is 78.0 Å². The first kappa shape index (κ1) is 18.3. The fraction of sp³-hybridized carbons (Fsp3) is 0.160. The maximum atomic E-state index is 13.0. The van der Waals surface area contributed by atoms with Crippen molar-refractivity contribution in [2.45, 2.75) is 12.5 Å². The molecule has 1 fully saturated rings. The molecule has 30 heavy (non-hydrogen) atoms. The predicted molar refractivity (Wildman–Crippen MR) is 117 cm³/mol. The number of carbonyl (C=O) groups excluding carboxylic acids is 1. The van der Waals surface area contributed by atoms with Gasteiger partial charge in [-0.3, -0.25) is 4.79 Å². The molecule has 1 amide bonds. The van der Waals surface area contributed by atoms with Gasteiger partial charge >= 0.3 is 0 Å². The van der Waals surface area contributed by atoms with Crippen LogP contribution in [0.15, 0.2) is 91.1 Å². The molecule has 5 nitrogen and oxygen atoms in total. The first-order valence-electron chi connectivity index (χ1n) is 10.2. The molecule has 1 aliphatic rings. The van der Waals surface area contributed by atoms with E-state index in [1.165, 1.54) is 0 Å². The molecule has 0 spiro atoms. The Morgan fingerprint density at radius 3 is 2.13 bits per heavy atom. The maximum absolute atomic E-state index is 13.0. The summed E-state index contributed by atoms with van der Waals surface area (Å²) in [7, 11) is 0. The Kier molecular flexibility index (Phi) is 4.85. The molecule has 1 aliphatic heterocycles. The number of hydrogen-bond donors (Lipinski definition) is 0. The van der Waals surface area contributed by atoms with Crippen LogP contribution >= 0.6 is 0 Å². The van der Waals surface area contributed by atoms with Crippen molar-refractivity contribution < 1.29 is 4.79 Å². The number of rotatable bonds is 4. The van der Waals surface area contributed by atoms with E-state index in [9.17, 15) is 4.79 Å². The molecule has 3 aromatic carbocycles. The molecule has 148 valence electrons. The van der Waals surface area contributed by atoms with E-state index in [2.05, 4.69) is 22.4 Å². The average Bonchev–Trinajstić information content (AvgIpc) is 3.50. The van der Waals surface area contributed by atoms with E-state index in [1.807, 2.05) is 88.6 Å². The molecule has 0 saturated carbocycles. The number of hydrogen-bond acceptors (Lipinski definition) is 3. The van der Waals surface area contributed by atoms with Gasteiger partial charge in [-0.05, 0) is 29.7 Å². The van der Waals surface area contributed by atoms with Crippen LogP contribution in [0.1, 0.15) is 22.8 Å². The summed E-state index contributed by atoms with van der Waals surface area (Å²) in [5, 5.41) is 8.62. The topological polar surface area (TPSA) is 51.0 Å². The third-order valence-electron chi connectivity index (χ3n) is 5.64. The minimum atomic E-state index is 0.0699. The van der Waals surface area contributed by atoms with E-state index in [0.29, 0.717) is 6.54 Å². The minimum Gasteiger partial charge on any atom is -0.336 e. The number of carbonyl (C=O) groups is 1. The third-order valence-corrected chi connectivity index (χ3v) is 5.64. The lowest BCUT2D eigenvalue weighted by molar-refractivity contribution is 0.0787. The standard InChI is InChI=1S/C25H22N4O/c30-25(22-13-11-20(12-14-22)19-7-3-1-4-8-19)28-16-15-23(17-28)29-18-24(26-27-29)21-9-5-2-6-10-21/h1-14,18,23H,15-17H2. The van der Waals surface area contributed by atoms with Crippen LogP contribution in [-0.2, 0) is 0 Å². The fourth-order valence-electron chi connectivity index (χ4n) is 3.96. The Hall–Kier alpha value is -3.73. The largest absolute Gasteiger partial charge is 0.336 e. The average molecular weight is 394 g/mol. The van der Waals surface area contributed by atoms with Crippen molar-refractivity contribution in [2.75, 3.05) is 13.1 Å². The second-order valence-corrected chi connectivity index (χ2v) is 7.59. The molecule has 5 rings (SSSR count). The van der Waals surface area contributed by atoms with Crippen molar-refractivity contribution in [1.29, 1.82) is 0 Å². The summed E-state index contributed by atoms with van der Waals surface area (Å²) in [5.41, 5.74) is 4.89. The molecule has 1 aromatic heterocycles. The van der Waals surface area contributed by atoms with Gasteiger partial charge in [-0.2, -0.15) is 0 Å². The lowest BCUT2D eigenvalue weighted by Crippen LogP contribution is -2.29. The fourth-order valence-corrected chi connectivity index (χ4v) is 3.96. The summed E-state index contributed by atoms with van der Waals surface area (Å²) in [6.45, 7) is 1.38. The zero-order valence-corrected chi connectivity index (χ0v) is 16.6. The van der Waals surface area contributed by atoms with Crippen molar-refractivity contribution >= 4 is 5.91 Å². The van der Waals surface area contributed by atoms with Gasteiger partial charge in [-0.15, -0.1) is 5.10 Å². The van der Waals surface area contributed by atoms with E-state index in [4.69, 9.17) is 0 Å². The molecule has 1 unspecified atom stereocenters. The highest BCUT2D eigenvalue weighted by Crippen LogP contribution is 2.25. The molecule has 0 radical (unpaired) electrons. The van der Waals surface area contributed by atoms with Crippen LogP contribution in [0.2, 0.25) is 0 Å². The molecule has 0 aliphatic carbocycles. The Balaban J connectivity index is 1.27. The van der Waals surface area contributed by atoms with Crippen LogP contribution in [0.3, 0.4) is 0 Å². The lowest BCUT2D eigenvalue weighted by Gasteiger charge is -2.17. The zero-order chi connectivity index (χ0) is 20.3. The van der Waals surface area contributed by atoms with Gasteiger partial charge in [0.1, 0.15) is 5.69 Å². The van der Waals surface area contributed by atoms with Gasteiger partial charge in [0.25, 0.3) is 5.91 Å². The Labute approximate surface area is 175 Å². The van der Waals surface area contributed by atoms with Gasteiger partial charge in [0.05, 0.1) is 12.2 Å². The number of aromatic nitrogens is 3. The van der Waals surface area contributed by atoms with Crippen LogP contribution in [0.4, 0.5) is 0 Å². The molecule has 0 bridgehead atoms. The SMILES string of the molecule is O=C(c1ccc(-c2ccccc2)cc1)N1CCC(n2cc(-c3ccccc3)nn2)C1. The highest BCUT2D eigenvalue weighted by Gasteiger charge is 2.29. The highest BCUT2D eigenvalue weighted by molar-refractivity contribution is 5.95.